The number of aliphatic hydroxyl groups is 1. The van der Waals surface area contributed by atoms with Crippen LogP contribution in [0, 0.1) is 0 Å². The Morgan fingerprint density at radius 1 is 1.45 bits per heavy atom. The number of nitrogens with zero attached hydrogens (tertiary/aromatic N) is 2. The maximum Gasteiger partial charge on any atom is 0.335 e. The lowest BCUT2D eigenvalue weighted by Crippen LogP contribution is -2.43. The van der Waals surface area contributed by atoms with E-state index >= 15 is 0 Å². The number of anilines is 1. The summed E-state index contributed by atoms with van der Waals surface area (Å²) in [7, 11) is 1.62. The first kappa shape index (κ1) is 14.3. The molecule has 20 heavy (non-hydrogen) atoms. The van der Waals surface area contributed by atoms with Gasteiger partial charge in [-0.2, -0.15) is 0 Å². The minimum Gasteiger partial charge on any atom is -0.478 e. The second-order valence-corrected chi connectivity index (χ2v) is 5.06. The van der Waals surface area contributed by atoms with Gasteiger partial charge < -0.3 is 15.1 Å². The molecule has 1 aliphatic rings. The summed E-state index contributed by atoms with van der Waals surface area (Å²) in [5.74, 6) is -1.01. The molecule has 1 atom stereocenters. The largest absolute Gasteiger partial charge is 0.478 e. The van der Waals surface area contributed by atoms with Gasteiger partial charge in [0.2, 0.25) is 0 Å². The molecule has 0 aliphatic carbocycles. The van der Waals surface area contributed by atoms with Crippen LogP contribution in [0.5, 0.6) is 0 Å². The molecule has 1 heterocycles. The number of hydrogen-bond acceptors (Lipinski definition) is 3. The van der Waals surface area contributed by atoms with Crippen LogP contribution in [0.3, 0.4) is 0 Å². The fourth-order valence-corrected chi connectivity index (χ4v) is 2.39. The smallest absolute Gasteiger partial charge is 0.335 e. The Bertz CT molecular complexity index is 542. The van der Waals surface area contributed by atoms with Crippen molar-refractivity contribution < 1.29 is 19.8 Å². The van der Waals surface area contributed by atoms with Gasteiger partial charge in [0.05, 0.1) is 11.7 Å². The molecule has 1 unspecified atom stereocenters. The predicted octanol–water partition coefficient (Wildman–Crippen LogP) is 1.18. The van der Waals surface area contributed by atoms with E-state index in [0.29, 0.717) is 18.7 Å². The highest BCUT2D eigenvalue weighted by Crippen LogP contribution is 2.29. The number of aliphatic hydroxyl groups excluding tert-OH is 1. The predicted molar refractivity (Wildman–Crippen MR) is 74.2 cm³/mol. The number of carbonyl (C=O) groups excluding carboxylic acids is 1. The third kappa shape index (κ3) is 2.75. The molecule has 1 aromatic carbocycles. The summed E-state index contributed by atoms with van der Waals surface area (Å²) in [6, 6.07) is 4.60. The number of rotatable bonds is 3. The van der Waals surface area contributed by atoms with E-state index in [1.807, 2.05) is 0 Å². The number of carboxylic acids is 1. The zero-order chi connectivity index (χ0) is 14.9. The lowest BCUT2D eigenvalue weighted by molar-refractivity contribution is 0.0697. The molecular formula is C14H18N2O4. The van der Waals surface area contributed by atoms with E-state index in [2.05, 4.69) is 0 Å². The number of amides is 2. The molecule has 0 radical (unpaired) electrons. The fraction of sp³-hybridized carbons (Fsp3) is 0.429. The van der Waals surface area contributed by atoms with Gasteiger partial charge in [-0.3, -0.25) is 4.90 Å². The van der Waals surface area contributed by atoms with E-state index in [1.165, 1.54) is 11.0 Å². The standard InChI is InChI=1S/C14H18N2O4/c1-9(17)8-15(2)14(20)16-6-5-10-3-4-11(13(18)19)7-12(10)16/h3-4,7,9,17H,5-6,8H2,1-2H3,(H,18,19). The van der Waals surface area contributed by atoms with E-state index in [4.69, 9.17) is 5.11 Å². The lowest BCUT2D eigenvalue weighted by atomic mass is 10.1. The first-order valence-corrected chi connectivity index (χ1v) is 6.47. The summed E-state index contributed by atoms with van der Waals surface area (Å²) >= 11 is 0. The average Bonchev–Trinajstić information content (AvgIpc) is 2.79. The van der Waals surface area contributed by atoms with Gasteiger partial charge in [-0.25, -0.2) is 9.59 Å². The number of benzene rings is 1. The van der Waals surface area contributed by atoms with Crippen LogP contribution >= 0.6 is 0 Å². The number of fused-ring (bicyclic) bond motifs is 1. The quantitative estimate of drug-likeness (QED) is 0.870. The van der Waals surface area contributed by atoms with Gasteiger partial charge >= 0.3 is 12.0 Å². The Morgan fingerprint density at radius 2 is 2.15 bits per heavy atom. The summed E-state index contributed by atoms with van der Waals surface area (Å²) in [5, 5.41) is 18.4. The topological polar surface area (TPSA) is 81.1 Å². The van der Waals surface area contributed by atoms with Crippen molar-refractivity contribution in [2.45, 2.75) is 19.4 Å². The van der Waals surface area contributed by atoms with Crippen LogP contribution in [-0.2, 0) is 6.42 Å². The van der Waals surface area contributed by atoms with E-state index in [-0.39, 0.29) is 18.1 Å². The number of likely N-dealkylation sites (N-methyl/N-ethyl adjacent to an activating group) is 1. The molecule has 0 fully saturated rings. The third-order valence-electron chi connectivity index (χ3n) is 3.32. The second-order valence-electron chi connectivity index (χ2n) is 5.06. The average molecular weight is 278 g/mol. The summed E-state index contributed by atoms with van der Waals surface area (Å²) in [6.07, 6.45) is 0.111. The molecule has 0 aromatic heterocycles. The molecule has 6 nitrogen and oxygen atoms in total. The zero-order valence-electron chi connectivity index (χ0n) is 11.5. The van der Waals surface area contributed by atoms with Gasteiger partial charge in [0.25, 0.3) is 0 Å². The maximum absolute atomic E-state index is 12.3. The second kappa shape index (κ2) is 5.50. The lowest BCUT2D eigenvalue weighted by Gasteiger charge is -2.26. The number of carbonyl (C=O) groups is 2. The highest BCUT2D eigenvalue weighted by atomic mass is 16.4. The Morgan fingerprint density at radius 3 is 2.75 bits per heavy atom. The maximum atomic E-state index is 12.3. The first-order valence-electron chi connectivity index (χ1n) is 6.47. The van der Waals surface area contributed by atoms with Crippen molar-refractivity contribution in [1.82, 2.24) is 4.90 Å². The molecule has 0 saturated heterocycles. The Hall–Kier alpha value is -2.08. The van der Waals surface area contributed by atoms with Crippen LogP contribution in [0.15, 0.2) is 18.2 Å². The highest BCUT2D eigenvalue weighted by molar-refractivity contribution is 5.96. The molecule has 1 aromatic rings. The van der Waals surface area contributed by atoms with Crippen LogP contribution in [0.25, 0.3) is 0 Å². The number of hydrogen-bond donors (Lipinski definition) is 2. The third-order valence-corrected chi connectivity index (χ3v) is 3.32. The molecule has 0 bridgehead atoms. The van der Waals surface area contributed by atoms with Crippen molar-refractivity contribution in [2.24, 2.45) is 0 Å². The molecule has 0 spiro atoms. The van der Waals surface area contributed by atoms with E-state index in [1.54, 1.807) is 31.0 Å². The fourth-order valence-electron chi connectivity index (χ4n) is 2.39. The molecule has 6 heteroatoms. The summed E-state index contributed by atoms with van der Waals surface area (Å²) in [6.45, 7) is 2.38. The van der Waals surface area contributed by atoms with Crippen molar-refractivity contribution in [3.8, 4) is 0 Å². The Kier molecular flexibility index (Phi) is 3.94. The summed E-state index contributed by atoms with van der Waals surface area (Å²) < 4.78 is 0. The van der Waals surface area contributed by atoms with Gasteiger partial charge in [-0.15, -0.1) is 0 Å². The van der Waals surface area contributed by atoms with Crippen LogP contribution in [0.4, 0.5) is 10.5 Å². The van der Waals surface area contributed by atoms with Crippen LogP contribution in [0.2, 0.25) is 0 Å². The number of carboxylic acid groups (broad SMARTS) is 1. The van der Waals surface area contributed by atoms with Crippen molar-refractivity contribution in [1.29, 1.82) is 0 Å². The van der Waals surface area contributed by atoms with E-state index in [9.17, 15) is 14.7 Å². The van der Waals surface area contributed by atoms with Gasteiger partial charge in [0.1, 0.15) is 0 Å². The molecular weight excluding hydrogens is 260 g/mol. The molecule has 2 rings (SSSR count). The van der Waals surface area contributed by atoms with Crippen LogP contribution in [-0.4, -0.2) is 53.4 Å². The number of urea groups is 1. The van der Waals surface area contributed by atoms with Gasteiger partial charge in [0.15, 0.2) is 0 Å². The molecule has 2 N–H and O–H groups in total. The zero-order valence-corrected chi connectivity index (χ0v) is 11.5. The summed E-state index contributed by atoms with van der Waals surface area (Å²) in [5.41, 5.74) is 1.78. The molecule has 2 amide bonds. The van der Waals surface area contributed by atoms with E-state index < -0.39 is 12.1 Å². The summed E-state index contributed by atoms with van der Waals surface area (Å²) in [4.78, 5) is 26.3. The van der Waals surface area contributed by atoms with Gasteiger partial charge in [-0.1, -0.05) is 6.07 Å². The Balaban J connectivity index is 2.24. The Labute approximate surface area is 117 Å². The normalized spacial score (nSPS) is 14.8. The monoisotopic (exact) mass is 278 g/mol. The minimum absolute atomic E-state index is 0.168. The molecule has 1 aliphatic heterocycles. The SMILES string of the molecule is CC(O)CN(C)C(=O)N1CCc2ccc(C(=O)O)cc21. The van der Waals surface area contributed by atoms with Crippen molar-refractivity contribution in [2.75, 3.05) is 25.0 Å². The van der Waals surface area contributed by atoms with Crippen LogP contribution in [0.1, 0.15) is 22.8 Å². The first-order chi connectivity index (χ1) is 9.40. The van der Waals surface area contributed by atoms with Crippen molar-refractivity contribution in [3.05, 3.63) is 29.3 Å². The highest BCUT2D eigenvalue weighted by Gasteiger charge is 2.28. The molecule has 0 saturated carbocycles. The van der Waals surface area contributed by atoms with Crippen molar-refractivity contribution in [3.63, 3.8) is 0 Å². The number of aromatic carboxylic acids is 1. The van der Waals surface area contributed by atoms with Gasteiger partial charge in [0, 0.05) is 25.8 Å². The van der Waals surface area contributed by atoms with Gasteiger partial charge in [-0.05, 0) is 31.0 Å². The molecule has 108 valence electrons. The van der Waals surface area contributed by atoms with Crippen LogP contribution < -0.4 is 4.90 Å². The van der Waals surface area contributed by atoms with Crippen molar-refractivity contribution >= 4 is 17.7 Å². The van der Waals surface area contributed by atoms with E-state index in [0.717, 1.165) is 5.56 Å². The minimum atomic E-state index is -1.01.